The maximum absolute atomic E-state index is 11.7. The Morgan fingerprint density at radius 1 is 1.16 bits per heavy atom. The van der Waals surface area contributed by atoms with Gasteiger partial charge in [0.2, 0.25) is 5.91 Å². The number of ketones is 1. The number of Topliss-reactive ketones (excluding diaryl/α,β-unsaturated/α-hetero) is 1. The van der Waals surface area contributed by atoms with Crippen molar-refractivity contribution in [2.24, 2.45) is 11.8 Å². The molecule has 0 fully saturated rings. The van der Waals surface area contributed by atoms with E-state index in [9.17, 15) is 19.2 Å². The minimum atomic E-state index is -1.03. The lowest BCUT2D eigenvalue weighted by atomic mass is 9.93. The van der Waals surface area contributed by atoms with Crippen LogP contribution in [0, 0.1) is 18.8 Å². The van der Waals surface area contributed by atoms with Gasteiger partial charge >= 0.3 is 5.97 Å². The van der Waals surface area contributed by atoms with Crippen LogP contribution in [0.5, 0.6) is 5.75 Å². The Morgan fingerprint density at radius 3 is 2.35 bits per heavy atom. The summed E-state index contributed by atoms with van der Waals surface area (Å²) in [6, 6.07) is 8.91. The largest absolute Gasteiger partial charge is 0.481 e. The first kappa shape index (κ1) is 25.8. The molecular weight excluding hydrogens is 398 g/mol. The average molecular weight is 430 g/mol. The molecule has 2 N–H and O–H groups in total. The van der Waals surface area contributed by atoms with Gasteiger partial charge in [-0.1, -0.05) is 38.1 Å². The van der Waals surface area contributed by atoms with Crippen molar-refractivity contribution in [1.82, 2.24) is 5.32 Å². The molecule has 0 aliphatic rings. The Hall–Kier alpha value is -3.22. The number of carbonyl (C=O) groups is 4. The van der Waals surface area contributed by atoms with E-state index >= 15 is 0 Å². The van der Waals surface area contributed by atoms with Crippen molar-refractivity contribution in [3.63, 3.8) is 0 Å². The van der Waals surface area contributed by atoms with Crippen molar-refractivity contribution in [2.45, 2.75) is 40.5 Å². The molecule has 0 bridgehead atoms. The molecule has 7 nitrogen and oxygen atoms in total. The molecule has 0 spiro atoms. The summed E-state index contributed by atoms with van der Waals surface area (Å²) in [5.41, 5.74) is 1.58. The Bertz CT molecular complexity index is 935. The zero-order valence-electron chi connectivity index (χ0n) is 18.7. The number of aliphatic carboxylic acids is 1. The third kappa shape index (κ3) is 7.85. The molecular formula is C24H31NO6. The number of rotatable bonds is 9. The van der Waals surface area contributed by atoms with Gasteiger partial charge in [-0.05, 0) is 43.2 Å². The fourth-order valence-electron chi connectivity index (χ4n) is 3.10. The highest BCUT2D eigenvalue weighted by Crippen LogP contribution is 2.31. The number of ether oxygens (including phenoxy) is 1. The zero-order chi connectivity index (χ0) is 23.6. The molecule has 31 heavy (non-hydrogen) atoms. The van der Waals surface area contributed by atoms with E-state index in [0.29, 0.717) is 30.1 Å². The van der Waals surface area contributed by atoms with Gasteiger partial charge in [-0.15, -0.1) is 0 Å². The van der Waals surface area contributed by atoms with Gasteiger partial charge < -0.3 is 20.0 Å². The molecule has 0 aliphatic heterocycles. The summed E-state index contributed by atoms with van der Waals surface area (Å²) in [7, 11) is 1.60. The highest BCUT2D eigenvalue weighted by molar-refractivity contribution is 6.09. The molecule has 1 atom stereocenters. The normalized spacial score (nSPS) is 11.3. The lowest BCUT2D eigenvalue weighted by Crippen LogP contribution is -2.20. The van der Waals surface area contributed by atoms with Crippen LogP contribution < -0.4 is 10.1 Å². The molecule has 2 rings (SSSR count). The molecule has 0 saturated carbocycles. The molecule has 0 aliphatic carbocycles. The highest BCUT2D eigenvalue weighted by Gasteiger charge is 2.13. The van der Waals surface area contributed by atoms with E-state index in [4.69, 9.17) is 9.84 Å². The van der Waals surface area contributed by atoms with Crippen molar-refractivity contribution in [1.29, 1.82) is 0 Å². The number of aryl methyl sites for hydroxylation is 1. The van der Waals surface area contributed by atoms with Gasteiger partial charge in [-0.25, -0.2) is 4.79 Å². The van der Waals surface area contributed by atoms with Crippen LogP contribution in [0.2, 0.25) is 0 Å². The van der Waals surface area contributed by atoms with Crippen LogP contribution in [0.4, 0.5) is 0 Å². The minimum absolute atomic E-state index is 0.00231. The Morgan fingerprint density at radius 2 is 1.84 bits per heavy atom. The number of aldehydes is 1. The molecule has 7 heteroatoms. The summed E-state index contributed by atoms with van der Waals surface area (Å²) < 4.78 is 5.26. The van der Waals surface area contributed by atoms with E-state index in [1.54, 1.807) is 25.2 Å². The number of nitrogens with one attached hydrogen (secondary N) is 1. The van der Waals surface area contributed by atoms with Crippen LogP contribution in [0.3, 0.4) is 0 Å². The van der Waals surface area contributed by atoms with Crippen LogP contribution in [0.1, 0.15) is 49.5 Å². The van der Waals surface area contributed by atoms with Crippen molar-refractivity contribution in [3.05, 3.63) is 41.5 Å². The van der Waals surface area contributed by atoms with Crippen LogP contribution in [0.15, 0.2) is 30.3 Å². The van der Waals surface area contributed by atoms with Crippen molar-refractivity contribution >= 4 is 34.7 Å². The molecule has 168 valence electrons. The monoisotopic (exact) mass is 429 g/mol. The average Bonchev–Trinajstić information content (AvgIpc) is 2.73. The molecule has 0 aromatic heterocycles. The number of carbonyl (C=O) groups excluding carboxylic acids is 3. The van der Waals surface area contributed by atoms with Crippen LogP contribution in [0.25, 0.3) is 10.8 Å². The van der Waals surface area contributed by atoms with E-state index in [-0.39, 0.29) is 17.6 Å². The van der Waals surface area contributed by atoms with E-state index in [1.807, 2.05) is 32.9 Å². The summed E-state index contributed by atoms with van der Waals surface area (Å²) in [6.45, 7) is 7.00. The SMILES string of the molecule is CC(=O)c1cccc2c(OCC(=O)O)ccc(C)c12.CNC(=O)CCC(C=O)C(C)C. The smallest absolute Gasteiger partial charge is 0.341 e. The lowest BCUT2D eigenvalue weighted by Gasteiger charge is -2.12. The molecule has 1 unspecified atom stereocenters. The maximum Gasteiger partial charge on any atom is 0.341 e. The molecule has 2 aromatic rings. The van der Waals surface area contributed by atoms with E-state index < -0.39 is 12.6 Å². The number of hydrogen-bond acceptors (Lipinski definition) is 5. The maximum atomic E-state index is 11.7. The number of carboxylic acids is 1. The summed E-state index contributed by atoms with van der Waals surface area (Å²) >= 11 is 0. The molecule has 0 saturated heterocycles. The minimum Gasteiger partial charge on any atom is -0.481 e. The van der Waals surface area contributed by atoms with Crippen molar-refractivity contribution < 1.29 is 29.0 Å². The summed E-state index contributed by atoms with van der Waals surface area (Å²) in [6.07, 6.45) is 2.03. The quantitative estimate of drug-likeness (QED) is 0.463. The second kappa shape index (κ2) is 12.5. The predicted octanol–water partition coefficient (Wildman–Crippen LogP) is 3.80. The van der Waals surface area contributed by atoms with Gasteiger partial charge in [0.15, 0.2) is 12.4 Å². The number of fused-ring (bicyclic) bond motifs is 1. The summed E-state index contributed by atoms with van der Waals surface area (Å²) in [5.74, 6) is -0.233. The Kier molecular flexibility index (Phi) is 10.4. The zero-order valence-corrected chi connectivity index (χ0v) is 18.7. The third-order valence-corrected chi connectivity index (χ3v) is 4.95. The Labute approximate surface area is 182 Å². The standard InChI is InChI=1S/C15H14O4.C9H17NO2/c1-9-6-7-13(19-8-14(17)18)12-5-3-4-11(10(2)16)15(9)12;1-7(2)8(6-11)4-5-9(12)10-3/h3-7H,8H2,1-2H3,(H,17,18);6-8H,4-5H2,1-3H3,(H,10,12). The second-order valence-corrected chi connectivity index (χ2v) is 7.60. The molecule has 2 aromatic carbocycles. The summed E-state index contributed by atoms with van der Waals surface area (Å²) in [5, 5.41) is 12.8. The molecule has 1 amide bonds. The fourth-order valence-corrected chi connectivity index (χ4v) is 3.10. The van der Waals surface area contributed by atoms with Gasteiger partial charge in [0.25, 0.3) is 0 Å². The van der Waals surface area contributed by atoms with Crippen LogP contribution >= 0.6 is 0 Å². The third-order valence-electron chi connectivity index (χ3n) is 4.95. The number of hydrogen-bond donors (Lipinski definition) is 2. The lowest BCUT2D eigenvalue weighted by molar-refractivity contribution is -0.139. The summed E-state index contributed by atoms with van der Waals surface area (Å²) in [4.78, 5) is 43.6. The van der Waals surface area contributed by atoms with Gasteiger partial charge in [0, 0.05) is 30.3 Å². The van der Waals surface area contributed by atoms with Gasteiger partial charge in [0.05, 0.1) is 0 Å². The highest BCUT2D eigenvalue weighted by atomic mass is 16.5. The van der Waals surface area contributed by atoms with Crippen LogP contribution in [-0.4, -0.2) is 42.7 Å². The van der Waals surface area contributed by atoms with Crippen molar-refractivity contribution in [3.8, 4) is 5.75 Å². The first-order valence-corrected chi connectivity index (χ1v) is 10.2. The second-order valence-electron chi connectivity index (χ2n) is 7.60. The number of benzene rings is 2. The fraction of sp³-hybridized carbons (Fsp3) is 0.417. The van der Waals surface area contributed by atoms with Gasteiger partial charge in [-0.3, -0.25) is 9.59 Å². The topological polar surface area (TPSA) is 110 Å². The number of amides is 1. The van der Waals surface area contributed by atoms with Crippen molar-refractivity contribution in [2.75, 3.05) is 13.7 Å². The van der Waals surface area contributed by atoms with Crippen LogP contribution in [-0.2, 0) is 14.4 Å². The van der Waals surface area contributed by atoms with E-state index in [1.165, 1.54) is 6.92 Å². The number of carboxylic acid groups (broad SMARTS) is 1. The molecule has 0 heterocycles. The van der Waals surface area contributed by atoms with E-state index in [2.05, 4.69) is 5.32 Å². The predicted molar refractivity (Wildman–Crippen MR) is 120 cm³/mol. The van der Waals surface area contributed by atoms with Gasteiger partial charge in [0.1, 0.15) is 12.0 Å². The van der Waals surface area contributed by atoms with Gasteiger partial charge in [-0.2, -0.15) is 0 Å². The molecule has 0 radical (unpaired) electrons. The first-order chi connectivity index (χ1) is 14.6. The van der Waals surface area contributed by atoms with E-state index in [0.717, 1.165) is 22.6 Å². The first-order valence-electron chi connectivity index (χ1n) is 10.2. The Balaban J connectivity index is 0.000000348.